The fourth-order valence-corrected chi connectivity index (χ4v) is 1.60. The number of carbonyl (C=O) groups excluding carboxylic acids is 2. The molecule has 0 spiro atoms. The van der Waals surface area contributed by atoms with Crippen molar-refractivity contribution in [3.63, 3.8) is 0 Å². The van der Waals surface area contributed by atoms with Crippen molar-refractivity contribution >= 4 is 23.2 Å². The number of alkyl halides is 3. The summed E-state index contributed by atoms with van der Waals surface area (Å²) >= 11 is 5.65. The van der Waals surface area contributed by atoms with Crippen LogP contribution in [0.15, 0.2) is 24.1 Å². The molecule has 0 aliphatic rings. The van der Waals surface area contributed by atoms with Gasteiger partial charge in [-0.25, -0.2) is 0 Å². The Labute approximate surface area is 123 Å². The van der Waals surface area contributed by atoms with Crippen LogP contribution in [-0.2, 0) is 15.7 Å². The van der Waals surface area contributed by atoms with Gasteiger partial charge in [-0.3, -0.25) is 14.6 Å². The van der Waals surface area contributed by atoms with Crippen LogP contribution in [0.2, 0.25) is 5.02 Å². The van der Waals surface area contributed by atoms with Gasteiger partial charge in [0.15, 0.2) is 5.78 Å². The Balaban J connectivity index is 3.21. The Morgan fingerprint density at radius 1 is 1.43 bits per heavy atom. The number of ketones is 2. The van der Waals surface area contributed by atoms with Gasteiger partial charge < -0.3 is 4.74 Å². The molecule has 0 aromatic carbocycles. The minimum absolute atomic E-state index is 0.220. The summed E-state index contributed by atoms with van der Waals surface area (Å²) < 4.78 is 42.3. The molecule has 0 atom stereocenters. The highest BCUT2D eigenvalue weighted by molar-refractivity contribution is 6.36. The number of rotatable bonds is 5. The molecule has 114 valence electrons. The van der Waals surface area contributed by atoms with E-state index in [0.717, 1.165) is 13.2 Å². The van der Waals surface area contributed by atoms with E-state index in [9.17, 15) is 22.8 Å². The molecule has 8 heteroatoms. The SMILES string of the molecule is CCO/C=C(\C(C)=O)C(=O)c1ncc(C(F)(F)F)cc1Cl. The van der Waals surface area contributed by atoms with Gasteiger partial charge in [0.1, 0.15) is 11.3 Å². The van der Waals surface area contributed by atoms with Gasteiger partial charge in [-0.05, 0) is 19.9 Å². The summed E-state index contributed by atoms with van der Waals surface area (Å²) in [5.74, 6) is -1.50. The monoisotopic (exact) mass is 321 g/mol. The summed E-state index contributed by atoms with van der Waals surface area (Å²) in [6, 6.07) is 0.584. The van der Waals surface area contributed by atoms with E-state index in [-0.39, 0.29) is 12.2 Å². The second-order valence-corrected chi connectivity index (χ2v) is 4.33. The van der Waals surface area contributed by atoms with Crippen molar-refractivity contribution in [3.05, 3.63) is 40.4 Å². The second kappa shape index (κ2) is 6.71. The number of halogens is 4. The Morgan fingerprint density at radius 2 is 2.05 bits per heavy atom. The number of Topliss-reactive ketones (excluding diaryl/α,β-unsaturated/α-hetero) is 2. The molecule has 0 radical (unpaired) electrons. The van der Waals surface area contributed by atoms with Crippen LogP contribution in [0.4, 0.5) is 13.2 Å². The normalized spacial score (nSPS) is 12.2. The Bertz CT molecular complexity index is 597. The summed E-state index contributed by atoms with van der Waals surface area (Å²) in [4.78, 5) is 26.9. The van der Waals surface area contributed by atoms with E-state index >= 15 is 0 Å². The molecule has 0 saturated carbocycles. The lowest BCUT2D eigenvalue weighted by molar-refractivity contribution is -0.137. The van der Waals surface area contributed by atoms with E-state index in [1.165, 1.54) is 0 Å². The van der Waals surface area contributed by atoms with Gasteiger partial charge in [-0.15, -0.1) is 0 Å². The van der Waals surface area contributed by atoms with E-state index in [2.05, 4.69) is 4.98 Å². The molecule has 0 saturated heterocycles. The Hall–Kier alpha value is -1.89. The number of aromatic nitrogens is 1. The third-order valence-corrected chi connectivity index (χ3v) is 2.66. The van der Waals surface area contributed by atoms with Crippen LogP contribution in [0.25, 0.3) is 0 Å². The molecule has 1 heterocycles. The second-order valence-electron chi connectivity index (χ2n) is 3.92. The summed E-state index contributed by atoms with van der Waals surface area (Å²) in [6.45, 7) is 2.99. The number of hydrogen-bond acceptors (Lipinski definition) is 4. The van der Waals surface area contributed by atoms with Gasteiger partial charge in [0.2, 0.25) is 5.78 Å². The van der Waals surface area contributed by atoms with Crippen molar-refractivity contribution in [3.8, 4) is 0 Å². The zero-order valence-electron chi connectivity index (χ0n) is 11.1. The van der Waals surface area contributed by atoms with Crippen molar-refractivity contribution in [2.24, 2.45) is 0 Å². The first-order valence-electron chi connectivity index (χ1n) is 5.78. The fourth-order valence-electron chi connectivity index (χ4n) is 1.35. The summed E-state index contributed by atoms with van der Waals surface area (Å²) in [5, 5.41) is -0.488. The van der Waals surface area contributed by atoms with Crippen LogP contribution in [0.1, 0.15) is 29.9 Å². The number of carbonyl (C=O) groups is 2. The highest BCUT2D eigenvalue weighted by atomic mass is 35.5. The minimum Gasteiger partial charge on any atom is -0.501 e. The molecule has 4 nitrogen and oxygen atoms in total. The van der Waals surface area contributed by atoms with Gasteiger partial charge in [0.05, 0.1) is 23.5 Å². The molecule has 0 fully saturated rings. The van der Waals surface area contributed by atoms with E-state index in [4.69, 9.17) is 16.3 Å². The Morgan fingerprint density at radius 3 is 2.48 bits per heavy atom. The van der Waals surface area contributed by atoms with Crippen LogP contribution < -0.4 is 0 Å². The van der Waals surface area contributed by atoms with Crippen LogP contribution in [0.5, 0.6) is 0 Å². The number of nitrogens with zero attached hydrogens (tertiary/aromatic N) is 1. The molecule has 0 N–H and O–H groups in total. The molecular formula is C13H11ClF3NO3. The molecule has 0 aliphatic heterocycles. The zero-order chi connectivity index (χ0) is 16.2. The lowest BCUT2D eigenvalue weighted by atomic mass is 10.1. The molecular weight excluding hydrogens is 311 g/mol. The summed E-state index contributed by atoms with van der Waals surface area (Å²) in [6.07, 6.45) is -3.19. The van der Waals surface area contributed by atoms with Crippen molar-refractivity contribution in [2.45, 2.75) is 20.0 Å². The summed E-state index contributed by atoms with van der Waals surface area (Å²) in [5.41, 5.74) is -1.86. The maximum Gasteiger partial charge on any atom is 0.417 e. The standard InChI is InChI=1S/C13H11ClF3NO3/c1-3-21-6-9(7(2)19)12(20)11-10(14)4-8(5-18-11)13(15,16)17/h4-6H,3H2,1-2H3/b9-6+. The predicted molar refractivity (Wildman–Crippen MR) is 69.0 cm³/mol. The minimum atomic E-state index is -4.62. The van der Waals surface area contributed by atoms with E-state index in [1.54, 1.807) is 6.92 Å². The fraction of sp³-hybridized carbons (Fsp3) is 0.308. The lowest BCUT2D eigenvalue weighted by Crippen LogP contribution is -2.15. The highest BCUT2D eigenvalue weighted by Gasteiger charge is 2.32. The molecule has 0 aliphatic carbocycles. The highest BCUT2D eigenvalue weighted by Crippen LogP contribution is 2.31. The van der Waals surface area contributed by atoms with Crippen molar-refractivity contribution in [2.75, 3.05) is 6.61 Å². The number of allylic oxidation sites excluding steroid dienone is 1. The molecule has 1 rings (SSSR count). The summed E-state index contributed by atoms with van der Waals surface area (Å²) in [7, 11) is 0. The molecule has 0 amide bonds. The number of hydrogen-bond donors (Lipinski definition) is 0. The third kappa shape index (κ3) is 4.29. The maximum absolute atomic E-state index is 12.5. The first-order valence-corrected chi connectivity index (χ1v) is 6.16. The molecule has 0 unspecified atom stereocenters. The Kier molecular flexibility index (Phi) is 5.48. The van der Waals surface area contributed by atoms with Crippen LogP contribution >= 0.6 is 11.6 Å². The van der Waals surface area contributed by atoms with Crippen molar-refractivity contribution in [1.29, 1.82) is 0 Å². The average Bonchev–Trinajstić information content (AvgIpc) is 2.37. The van der Waals surface area contributed by atoms with Gasteiger partial charge in [0, 0.05) is 6.20 Å². The van der Waals surface area contributed by atoms with Gasteiger partial charge >= 0.3 is 6.18 Å². The van der Waals surface area contributed by atoms with Crippen molar-refractivity contribution < 1.29 is 27.5 Å². The van der Waals surface area contributed by atoms with Crippen LogP contribution in [0.3, 0.4) is 0 Å². The zero-order valence-corrected chi connectivity index (χ0v) is 11.9. The molecule has 1 aromatic rings. The van der Waals surface area contributed by atoms with E-state index < -0.39 is 34.0 Å². The molecule has 21 heavy (non-hydrogen) atoms. The van der Waals surface area contributed by atoms with Gasteiger partial charge in [0.25, 0.3) is 0 Å². The first kappa shape index (κ1) is 17.2. The largest absolute Gasteiger partial charge is 0.501 e. The van der Waals surface area contributed by atoms with Crippen LogP contribution in [-0.4, -0.2) is 23.2 Å². The topological polar surface area (TPSA) is 56.3 Å². The molecule has 0 bridgehead atoms. The van der Waals surface area contributed by atoms with Crippen molar-refractivity contribution in [1.82, 2.24) is 4.98 Å². The predicted octanol–water partition coefficient (Wildman–Crippen LogP) is 3.45. The van der Waals surface area contributed by atoms with Gasteiger partial charge in [-0.2, -0.15) is 13.2 Å². The van der Waals surface area contributed by atoms with Crippen LogP contribution in [0, 0.1) is 0 Å². The maximum atomic E-state index is 12.5. The smallest absolute Gasteiger partial charge is 0.417 e. The third-order valence-electron chi connectivity index (χ3n) is 2.38. The van der Waals surface area contributed by atoms with E-state index in [1.807, 2.05) is 0 Å². The van der Waals surface area contributed by atoms with Gasteiger partial charge in [-0.1, -0.05) is 11.6 Å². The first-order chi connectivity index (χ1) is 9.68. The average molecular weight is 322 g/mol. The number of ether oxygens (including phenoxy) is 1. The number of pyridine rings is 1. The quantitative estimate of drug-likeness (QED) is 0.274. The molecule has 1 aromatic heterocycles. The van der Waals surface area contributed by atoms with E-state index in [0.29, 0.717) is 12.3 Å². The lowest BCUT2D eigenvalue weighted by Gasteiger charge is -2.09.